The Morgan fingerprint density at radius 1 is 1.29 bits per heavy atom. The molecule has 0 radical (unpaired) electrons. The summed E-state index contributed by atoms with van der Waals surface area (Å²) in [5.41, 5.74) is 8.00. The van der Waals surface area contributed by atoms with Crippen molar-refractivity contribution in [3.05, 3.63) is 11.4 Å². The van der Waals surface area contributed by atoms with E-state index in [1.54, 1.807) is 0 Å². The van der Waals surface area contributed by atoms with Crippen molar-refractivity contribution in [3.63, 3.8) is 0 Å². The topological polar surface area (TPSA) is 56.7 Å². The molecule has 0 atom stereocenters. The lowest BCUT2D eigenvalue weighted by Crippen LogP contribution is -2.07. The van der Waals surface area contributed by atoms with Gasteiger partial charge in [0.2, 0.25) is 0 Å². The highest BCUT2D eigenvalue weighted by molar-refractivity contribution is 5.14. The predicted octanol–water partition coefficient (Wildman–Crippen LogP) is 1.02. The molecule has 4 heteroatoms. The van der Waals surface area contributed by atoms with Gasteiger partial charge in [-0.3, -0.25) is 0 Å². The van der Waals surface area contributed by atoms with Gasteiger partial charge >= 0.3 is 0 Å². The molecule has 2 aliphatic carbocycles. The third-order valence-electron chi connectivity index (χ3n) is 3.14. The van der Waals surface area contributed by atoms with Gasteiger partial charge in [-0.25, -0.2) is 4.68 Å². The van der Waals surface area contributed by atoms with Crippen molar-refractivity contribution in [1.29, 1.82) is 0 Å². The number of rotatable bonds is 4. The number of aromatic nitrogens is 3. The molecule has 76 valence electrons. The summed E-state index contributed by atoms with van der Waals surface area (Å²) in [6.45, 7) is 0.536. The predicted molar refractivity (Wildman–Crippen MR) is 52.6 cm³/mol. The van der Waals surface area contributed by atoms with Gasteiger partial charge in [0.25, 0.3) is 0 Å². The Labute approximate surface area is 83.5 Å². The Morgan fingerprint density at radius 3 is 2.64 bits per heavy atom. The largest absolute Gasteiger partial charge is 0.325 e. The molecule has 2 aliphatic rings. The van der Waals surface area contributed by atoms with E-state index in [9.17, 15) is 0 Å². The van der Waals surface area contributed by atoms with E-state index in [1.165, 1.54) is 31.4 Å². The van der Waals surface area contributed by atoms with Gasteiger partial charge in [0.15, 0.2) is 0 Å². The fourth-order valence-electron chi connectivity index (χ4n) is 1.92. The van der Waals surface area contributed by atoms with Crippen LogP contribution in [0.4, 0.5) is 0 Å². The number of nitrogens with two attached hydrogens (primary N) is 1. The fourth-order valence-corrected chi connectivity index (χ4v) is 1.92. The minimum absolute atomic E-state index is 0.536. The average Bonchev–Trinajstić information content (AvgIpc) is 3.06. The molecule has 0 spiro atoms. The second-order valence-corrected chi connectivity index (χ2v) is 4.51. The van der Waals surface area contributed by atoms with Gasteiger partial charge in [0.1, 0.15) is 0 Å². The molecule has 1 aromatic heterocycles. The molecule has 0 amide bonds. The summed E-state index contributed by atoms with van der Waals surface area (Å²) in [5, 5.41) is 8.38. The minimum atomic E-state index is 0.536. The lowest BCUT2D eigenvalue weighted by Gasteiger charge is -2.04. The zero-order chi connectivity index (χ0) is 9.54. The maximum absolute atomic E-state index is 5.66. The quantitative estimate of drug-likeness (QED) is 0.775. The van der Waals surface area contributed by atoms with Gasteiger partial charge in [0, 0.05) is 6.54 Å². The van der Waals surface area contributed by atoms with Crippen molar-refractivity contribution in [1.82, 2.24) is 15.0 Å². The summed E-state index contributed by atoms with van der Waals surface area (Å²) >= 11 is 0. The average molecular weight is 192 g/mol. The standard InChI is InChI=1S/C10H16N4/c11-6-9-10(5-7-1-2-7)14(13-12-9)8-3-4-8/h7-8H,1-6,11H2. The van der Waals surface area contributed by atoms with E-state index in [1.807, 2.05) is 0 Å². The highest BCUT2D eigenvalue weighted by Gasteiger charge is 2.31. The zero-order valence-corrected chi connectivity index (χ0v) is 8.32. The van der Waals surface area contributed by atoms with Crippen molar-refractivity contribution in [2.45, 2.75) is 44.7 Å². The van der Waals surface area contributed by atoms with Crippen molar-refractivity contribution in [2.24, 2.45) is 11.7 Å². The summed E-state index contributed by atoms with van der Waals surface area (Å²) in [6.07, 6.45) is 6.44. The maximum atomic E-state index is 5.66. The third kappa shape index (κ3) is 1.43. The van der Waals surface area contributed by atoms with Crippen LogP contribution in [0.5, 0.6) is 0 Å². The van der Waals surface area contributed by atoms with Gasteiger partial charge in [-0.05, 0) is 38.0 Å². The van der Waals surface area contributed by atoms with Crippen molar-refractivity contribution in [2.75, 3.05) is 0 Å². The highest BCUT2D eigenvalue weighted by atomic mass is 15.5. The molecular formula is C10H16N4. The zero-order valence-electron chi connectivity index (χ0n) is 8.32. The van der Waals surface area contributed by atoms with Crippen molar-refractivity contribution >= 4 is 0 Å². The Kier molecular flexibility index (Phi) is 1.83. The lowest BCUT2D eigenvalue weighted by atomic mass is 10.2. The van der Waals surface area contributed by atoms with E-state index >= 15 is 0 Å². The highest BCUT2D eigenvalue weighted by Crippen LogP contribution is 2.38. The van der Waals surface area contributed by atoms with E-state index in [0.29, 0.717) is 12.6 Å². The molecule has 2 saturated carbocycles. The lowest BCUT2D eigenvalue weighted by molar-refractivity contribution is 0.571. The van der Waals surface area contributed by atoms with Crippen molar-refractivity contribution < 1.29 is 0 Å². The van der Waals surface area contributed by atoms with Gasteiger partial charge in [-0.15, -0.1) is 5.10 Å². The maximum Gasteiger partial charge on any atom is 0.0994 e. The van der Waals surface area contributed by atoms with E-state index < -0.39 is 0 Å². The first-order valence-corrected chi connectivity index (χ1v) is 5.51. The summed E-state index contributed by atoms with van der Waals surface area (Å²) in [5.74, 6) is 0.885. The Hall–Kier alpha value is -0.900. The first-order valence-electron chi connectivity index (χ1n) is 5.51. The van der Waals surface area contributed by atoms with Crippen LogP contribution in [0.2, 0.25) is 0 Å². The van der Waals surface area contributed by atoms with Crippen molar-refractivity contribution in [3.8, 4) is 0 Å². The molecule has 0 bridgehead atoms. The summed E-state index contributed by atoms with van der Waals surface area (Å²) in [4.78, 5) is 0. The van der Waals surface area contributed by atoms with Gasteiger partial charge in [0.05, 0.1) is 17.4 Å². The molecule has 0 aromatic carbocycles. The second kappa shape index (κ2) is 3.05. The second-order valence-electron chi connectivity index (χ2n) is 4.51. The Balaban J connectivity index is 1.88. The normalized spacial score (nSPS) is 21.5. The molecule has 1 aromatic rings. The van der Waals surface area contributed by atoms with E-state index in [0.717, 1.165) is 18.0 Å². The number of hydrogen-bond acceptors (Lipinski definition) is 3. The molecule has 4 nitrogen and oxygen atoms in total. The first kappa shape index (κ1) is 8.41. The monoisotopic (exact) mass is 192 g/mol. The van der Waals surface area contributed by atoms with Gasteiger partial charge < -0.3 is 5.73 Å². The Morgan fingerprint density at radius 2 is 2.07 bits per heavy atom. The van der Waals surface area contributed by atoms with Crippen LogP contribution in [0.1, 0.15) is 43.1 Å². The SMILES string of the molecule is NCc1nnn(C2CC2)c1CC1CC1. The summed E-state index contributed by atoms with van der Waals surface area (Å²) < 4.78 is 2.13. The molecule has 0 saturated heterocycles. The molecular weight excluding hydrogens is 176 g/mol. The van der Waals surface area contributed by atoms with Crippen LogP contribution in [-0.2, 0) is 13.0 Å². The van der Waals surface area contributed by atoms with E-state index in [-0.39, 0.29) is 0 Å². The third-order valence-corrected chi connectivity index (χ3v) is 3.14. The van der Waals surface area contributed by atoms with E-state index in [4.69, 9.17) is 5.73 Å². The molecule has 2 fully saturated rings. The number of hydrogen-bond donors (Lipinski definition) is 1. The van der Waals surface area contributed by atoms with Crippen LogP contribution in [0.25, 0.3) is 0 Å². The van der Waals surface area contributed by atoms with Crippen LogP contribution < -0.4 is 5.73 Å². The number of nitrogens with zero attached hydrogens (tertiary/aromatic N) is 3. The molecule has 1 heterocycles. The molecule has 0 aliphatic heterocycles. The summed E-state index contributed by atoms with van der Waals surface area (Å²) in [7, 11) is 0. The first-order chi connectivity index (χ1) is 6.88. The van der Waals surface area contributed by atoms with Crippen LogP contribution in [0.3, 0.4) is 0 Å². The van der Waals surface area contributed by atoms with Crippen LogP contribution in [0.15, 0.2) is 0 Å². The van der Waals surface area contributed by atoms with Crippen LogP contribution in [-0.4, -0.2) is 15.0 Å². The molecule has 2 N–H and O–H groups in total. The fraction of sp³-hybridized carbons (Fsp3) is 0.800. The summed E-state index contributed by atoms with van der Waals surface area (Å²) in [6, 6.07) is 0.636. The van der Waals surface area contributed by atoms with Gasteiger partial charge in [-0.1, -0.05) is 5.21 Å². The minimum Gasteiger partial charge on any atom is -0.325 e. The van der Waals surface area contributed by atoms with E-state index in [2.05, 4.69) is 15.0 Å². The van der Waals surface area contributed by atoms with Crippen LogP contribution >= 0.6 is 0 Å². The molecule has 14 heavy (non-hydrogen) atoms. The smallest absolute Gasteiger partial charge is 0.0994 e. The molecule has 0 unspecified atom stereocenters. The van der Waals surface area contributed by atoms with Gasteiger partial charge in [-0.2, -0.15) is 0 Å². The molecule has 3 rings (SSSR count). The van der Waals surface area contributed by atoms with Crippen LogP contribution in [0, 0.1) is 5.92 Å². The Bertz CT molecular complexity index is 336.